The SMILES string of the molecule is CCOc1ccc(N2C(=O)CC(N(Cc3cccnc3)C(=O)c3cccc(OC)c3)C2=O)cc1. The van der Waals surface area contributed by atoms with E-state index in [2.05, 4.69) is 4.98 Å². The Labute approximate surface area is 197 Å². The molecule has 174 valence electrons. The van der Waals surface area contributed by atoms with Crippen LogP contribution in [0.25, 0.3) is 0 Å². The molecule has 8 heteroatoms. The largest absolute Gasteiger partial charge is 0.497 e. The maximum Gasteiger partial charge on any atom is 0.257 e. The molecule has 0 aliphatic carbocycles. The van der Waals surface area contributed by atoms with Gasteiger partial charge in [0.25, 0.3) is 11.8 Å². The quantitative estimate of drug-likeness (QED) is 0.480. The van der Waals surface area contributed by atoms with Gasteiger partial charge in [-0.2, -0.15) is 0 Å². The van der Waals surface area contributed by atoms with Crippen LogP contribution in [0.2, 0.25) is 0 Å². The van der Waals surface area contributed by atoms with Crippen LogP contribution in [0.3, 0.4) is 0 Å². The smallest absolute Gasteiger partial charge is 0.257 e. The van der Waals surface area contributed by atoms with Gasteiger partial charge in [0.15, 0.2) is 0 Å². The third-order valence-electron chi connectivity index (χ3n) is 5.56. The van der Waals surface area contributed by atoms with Gasteiger partial charge >= 0.3 is 0 Å². The first-order valence-electron chi connectivity index (χ1n) is 11.0. The molecule has 1 aromatic heterocycles. The molecular weight excluding hydrogens is 434 g/mol. The van der Waals surface area contributed by atoms with Crippen LogP contribution in [0, 0.1) is 0 Å². The predicted molar refractivity (Wildman–Crippen MR) is 126 cm³/mol. The predicted octanol–water partition coefficient (Wildman–Crippen LogP) is 3.46. The highest BCUT2D eigenvalue weighted by atomic mass is 16.5. The Morgan fingerprint density at radius 1 is 1.09 bits per heavy atom. The number of hydrogen-bond acceptors (Lipinski definition) is 6. The lowest BCUT2D eigenvalue weighted by molar-refractivity contribution is -0.122. The molecule has 0 N–H and O–H groups in total. The first-order valence-corrected chi connectivity index (χ1v) is 11.0. The Morgan fingerprint density at radius 2 is 1.88 bits per heavy atom. The molecule has 0 bridgehead atoms. The zero-order chi connectivity index (χ0) is 24.1. The number of hydrogen-bond donors (Lipinski definition) is 0. The Hall–Kier alpha value is -4.20. The van der Waals surface area contributed by atoms with E-state index in [1.54, 1.807) is 67.0 Å². The maximum atomic E-state index is 13.6. The van der Waals surface area contributed by atoms with Crippen LogP contribution in [0.5, 0.6) is 11.5 Å². The van der Waals surface area contributed by atoms with Gasteiger partial charge < -0.3 is 14.4 Å². The number of benzene rings is 2. The topological polar surface area (TPSA) is 89.0 Å². The number of ether oxygens (including phenoxy) is 2. The van der Waals surface area contributed by atoms with Gasteiger partial charge in [-0.15, -0.1) is 0 Å². The minimum atomic E-state index is -0.946. The summed E-state index contributed by atoms with van der Waals surface area (Å²) in [6, 6.07) is 16.1. The van der Waals surface area contributed by atoms with Crippen LogP contribution < -0.4 is 14.4 Å². The van der Waals surface area contributed by atoms with Crippen molar-refractivity contribution in [3.8, 4) is 11.5 Å². The third-order valence-corrected chi connectivity index (χ3v) is 5.56. The summed E-state index contributed by atoms with van der Waals surface area (Å²) in [7, 11) is 1.52. The van der Waals surface area contributed by atoms with Gasteiger partial charge in [-0.05, 0) is 61.0 Å². The summed E-state index contributed by atoms with van der Waals surface area (Å²) in [6.45, 7) is 2.52. The molecule has 1 unspecified atom stereocenters. The number of carbonyl (C=O) groups excluding carboxylic acids is 3. The van der Waals surface area contributed by atoms with Gasteiger partial charge in [-0.1, -0.05) is 12.1 Å². The summed E-state index contributed by atoms with van der Waals surface area (Å²) >= 11 is 0. The molecule has 0 radical (unpaired) electrons. The number of carbonyl (C=O) groups is 3. The van der Waals surface area contributed by atoms with Gasteiger partial charge in [0.1, 0.15) is 17.5 Å². The van der Waals surface area contributed by atoms with E-state index >= 15 is 0 Å². The number of aromatic nitrogens is 1. The number of methoxy groups -OCH3 is 1. The van der Waals surface area contributed by atoms with Crippen molar-refractivity contribution < 1.29 is 23.9 Å². The maximum absolute atomic E-state index is 13.6. The molecule has 1 aliphatic heterocycles. The standard InChI is InChI=1S/C26H25N3O5/c1-3-34-21-11-9-20(10-12-21)29-24(30)15-23(26(29)32)28(17-18-6-5-13-27-16-18)25(31)19-7-4-8-22(14-19)33-2/h4-14,16,23H,3,15,17H2,1-2H3. The van der Waals surface area contributed by atoms with Crippen molar-refractivity contribution in [2.75, 3.05) is 18.6 Å². The lowest BCUT2D eigenvalue weighted by Crippen LogP contribution is -2.45. The van der Waals surface area contributed by atoms with Crippen LogP contribution in [0.15, 0.2) is 73.1 Å². The molecule has 0 saturated carbocycles. The second-order valence-corrected chi connectivity index (χ2v) is 7.74. The van der Waals surface area contributed by atoms with Crippen molar-refractivity contribution >= 4 is 23.4 Å². The van der Waals surface area contributed by atoms with Gasteiger partial charge in [0.2, 0.25) is 5.91 Å². The lowest BCUT2D eigenvalue weighted by Gasteiger charge is -2.28. The first-order chi connectivity index (χ1) is 16.5. The minimum absolute atomic E-state index is 0.109. The third kappa shape index (κ3) is 4.76. The van der Waals surface area contributed by atoms with Crippen LogP contribution >= 0.6 is 0 Å². The van der Waals surface area contributed by atoms with Crippen LogP contribution in [0.1, 0.15) is 29.3 Å². The summed E-state index contributed by atoms with van der Waals surface area (Å²) in [6.07, 6.45) is 3.16. The Kier molecular flexibility index (Phi) is 6.87. The van der Waals surface area contributed by atoms with Crippen LogP contribution in [-0.4, -0.2) is 47.4 Å². The van der Waals surface area contributed by atoms with E-state index in [-0.39, 0.29) is 24.8 Å². The molecule has 4 rings (SSSR count). The molecular formula is C26H25N3O5. The highest BCUT2D eigenvalue weighted by Crippen LogP contribution is 2.29. The molecule has 1 atom stereocenters. The molecule has 1 aliphatic rings. The first kappa shape index (κ1) is 23.0. The number of rotatable bonds is 8. The molecule has 3 aromatic rings. The fourth-order valence-electron chi connectivity index (χ4n) is 3.92. The number of nitrogens with zero attached hydrogens (tertiary/aromatic N) is 3. The van der Waals surface area contributed by atoms with Gasteiger partial charge in [-0.3, -0.25) is 19.4 Å². The van der Waals surface area contributed by atoms with Gasteiger partial charge in [-0.25, -0.2) is 4.90 Å². The van der Waals surface area contributed by atoms with E-state index < -0.39 is 11.9 Å². The summed E-state index contributed by atoms with van der Waals surface area (Å²) < 4.78 is 10.7. The summed E-state index contributed by atoms with van der Waals surface area (Å²) in [5, 5.41) is 0. The second-order valence-electron chi connectivity index (χ2n) is 7.74. The molecule has 2 aromatic carbocycles. The summed E-state index contributed by atoms with van der Waals surface area (Å²) in [5.41, 5.74) is 1.55. The van der Waals surface area contributed by atoms with Gasteiger partial charge in [0, 0.05) is 24.5 Å². The summed E-state index contributed by atoms with van der Waals surface area (Å²) in [4.78, 5) is 46.6. The van der Waals surface area contributed by atoms with E-state index in [1.807, 2.05) is 13.0 Å². The van der Waals surface area contributed by atoms with E-state index in [0.717, 1.165) is 10.5 Å². The highest BCUT2D eigenvalue weighted by molar-refractivity contribution is 6.23. The molecule has 3 amide bonds. The lowest BCUT2D eigenvalue weighted by atomic mass is 10.1. The normalized spacial score (nSPS) is 15.4. The number of imide groups is 1. The molecule has 34 heavy (non-hydrogen) atoms. The fraction of sp³-hybridized carbons (Fsp3) is 0.231. The van der Waals surface area contributed by atoms with Crippen molar-refractivity contribution in [3.63, 3.8) is 0 Å². The number of anilines is 1. The average Bonchev–Trinajstić information content (AvgIpc) is 3.17. The zero-order valence-electron chi connectivity index (χ0n) is 19.0. The summed E-state index contributed by atoms with van der Waals surface area (Å²) in [5.74, 6) is -0.0177. The molecule has 2 heterocycles. The van der Waals surface area contributed by atoms with Crippen molar-refractivity contribution in [1.82, 2.24) is 9.88 Å². The molecule has 0 spiro atoms. The Balaban J connectivity index is 1.66. The number of pyridine rings is 1. The van der Waals surface area contributed by atoms with Crippen molar-refractivity contribution in [1.29, 1.82) is 0 Å². The second kappa shape index (κ2) is 10.2. The van der Waals surface area contributed by atoms with E-state index in [0.29, 0.717) is 29.4 Å². The molecule has 8 nitrogen and oxygen atoms in total. The van der Waals surface area contributed by atoms with Crippen molar-refractivity contribution in [2.45, 2.75) is 25.9 Å². The van der Waals surface area contributed by atoms with Crippen LogP contribution in [-0.2, 0) is 16.1 Å². The van der Waals surface area contributed by atoms with Crippen molar-refractivity contribution in [3.05, 3.63) is 84.2 Å². The van der Waals surface area contributed by atoms with Crippen molar-refractivity contribution in [2.24, 2.45) is 0 Å². The average molecular weight is 460 g/mol. The highest BCUT2D eigenvalue weighted by Gasteiger charge is 2.44. The van der Waals surface area contributed by atoms with E-state index in [4.69, 9.17) is 9.47 Å². The van der Waals surface area contributed by atoms with E-state index in [9.17, 15) is 14.4 Å². The fourth-order valence-corrected chi connectivity index (χ4v) is 3.92. The minimum Gasteiger partial charge on any atom is -0.497 e. The number of amides is 3. The zero-order valence-corrected chi connectivity index (χ0v) is 19.0. The molecule has 1 saturated heterocycles. The van der Waals surface area contributed by atoms with Gasteiger partial charge in [0.05, 0.1) is 25.8 Å². The van der Waals surface area contributed by atoms with Crippen LogP contribution in [0.4, 0.5) is 5.69 Å². The Bertz CT molecular complexity index is 1180. The Morgan fingerprint density at radius 3 is 2.56 bits per heavy atom. The monoisotopic (exact) mass is 459 g/mol. The van der Waals surface area contributed by atoms with E-state index in [1.165, 1.54) is 12.0 Å². The molecule has 1 fully saturated rings.